The van der Waals surface area contributed by atoms with Crippen molar-refractivity contribution < 1.29 is 0 Å². The van der Waals surface area contributed by atoms with Crippen molar-refractivity contribution in [3.63, 3.8) is 0 Å². The minimum atomic E-state index is 0.158. The van der Waals surface area contributed by atoms with Gasteiger partial charge in [0.2, 0.25) is 0 Å². The van der Waals surface area contributed by atoms with Crippen molar-refractivity contribution in [1.82, 2.24) is 19.7 Å². The topological polar surface area (TPSA) is 55.6 Å². The number of aryl methyl sites for hydroxylation is 1. The van der Waals surface area contributed by atoms with Crippen LogP contribution in [0.1, 0.15) is 49.8 Å². The molecule has 0 radical (unpaired) electrons. The first-order valence-corrected chi connectivity index (χ1v) is 8.25. The molecule has 124 valence electrons. The molecule has 0 saturated carbocycles. The van der Waals surface area contributed by atoms with E-state index < -0.39 is 0 Å². The lowest BCUT2D eigenvalue weighted by Gasteiger charge is -2.17. The minimum Gasteiger partial charge on any atom is -0.363 e. The molecule has 5 nitrogen and oxygen atoms in total. The van der Waals surface area contributed by atoms with Crippen molar-refractivity contribution >= 4 is 5.82 Å². The Labute approximate surface area is 142 Å². The van der Waals surface area contributed by atoms with Gasteiger partial charge in [-0.3, -0.25) is 0 Å². The van der Waals surface area contributed by atoms with Crippen LogP contribution in [0.2, 0.25) is 0 Å². The van der Waals surface area contributed by atoms with E-state index in [9.17, 15) is 0 Å². The number of hydrogen-bond acceptors (Lipinski definition) is 4. The molecule has 2 aromatic heterocycles. The Bertz CT molecular complexity index is 791. The summed E-state index contributed by atoms with van der Waals surface area (Å²) in [7, 11) is 0. The van der Waals surface area contributed by atoms with E-state index in [1.54, 1.807) is 6.20 Å². The zero-order valence-corrected chi connectivity index (χ0v) is 14.6. The number of benzene rings is 1. The summed E-state index contributed by atoms with van der Waals surface area (Å²) >= 11 is 0. The maximum atomic E-state index is 4.62. The summed E-state index contributed by atoms with van der Waals surface area (Å²) in [5.41, 5.74) is 3.24. The van der Waals surface area contributed by atoms with E-state index in [0.717, 1.165) is 23.0 Å². The monoisotopic (exact) mass is 321 g/mol. The number of aromatic nitrogens is 4. The molecule has 3 aromatic rings. The Hall–Kier alpha value is -2.69. The maximum absolute atomic E-state index is 4.62. The van der Waals surface area contributed by atoms with Crippen LogP contribution < -0.4 is 5.32 Å². The fraction of sp³-hybridized carbons (Fsp3) is 0.316. The first kappa shape index (κ1) is 16.2. The van der Waals surface area contributed by atoms with Gasteiger partial charge in [0.05, 0.1) is 5.69 Å². The zero-order chi connectivity index (χ0) is 17.1. The van der Waals surface area contributed by atoms with Crippen LogP contribution in [0.4, 0.5) is 5.82 Å². The third-order valence-corrected chi connectivity index (χ3v) is 3.91. The fourth-order valence-electron chi connectivity index (χ4n) is 2.57. The van der Waals surface area contributed by atoms with Gasteiger partial charge in [-0.05, 0) is 37.6 Å². The molecule has 0 aliphatic carbocycles. The van der Waals surface area contributed by atoms with Crippen molar-refractivity contribution in [2.75, 3.05) is 5.32 Å². The molecule has 0 spiro atoms. The van der Waals surface area contributed by atoms with E-state index in [2.05, 4.69) is 65.4 Å². The van der Waals surface area contributed by atoms with Crippen LogP contribution in [0.5, 0.6) is 0 Å². The first-order valence-electron chi connectivity index (χ1n) is 8.25. The second kappa shape index (κ2) is 6.83. The fourth-order valence-corrected chi connectivity index (χ4v) is 2.57. The number of nitrogens with zero attached hydrogens (tertiary/aromatic N) is 4. The van der Waals surface area contributed by atoms with Gasteiger partial charge in [-0.15, -0.1) is 0 Å². The second-order valence-corrected chi connectivity index (χ2v) is 6.32. The maximum Gasteiger partial charge on any atom is 0.133 e. The Morgan fingerprint density at radius 3 is 2.42 bits per heavy atom. The summed E-state index contributed by atoms with van der Waals surface area (Å²) in [4.78, 5) is 9.11. The number of hydrogen-bond donors (Lipinski definition) is 1. The van der Waals surface area contributed by atoms with Gasteiger partial charge in [-0.25, -0.2) is 14.6 Å². The van der Waals surface area contributed by atoms with Crippen LogP contribution in [0.15, 0.2) is 48.8 Å². The Kier molecular flexibility index (Phi) is 4.60. The van der Waals surface area contributed by atoms with Crippen molar-refractivity contribution in [3.8, 4) is 5.69 Å². The van der Waals surface area contributed by atoms with Crippen LogP contribution in [0.3, 0.4) is 0 Å². The minimum absolute atomic E-state index is 0.158. The van der Waals surface area contributed by atoms with Crippen LogP contribution >= 0.6 is 0 Å². The molecule has 0 saturated heterocycles. The van der Waals surface area contributed by atoms with E-state index in [1.807, 2.05) is 29.9 Å². The Morgan fingerprint density at radius 2 is 1.79 bits per heavy atom. The highest BCUT2D eigenvalue weighted by Crippen LogP contribution is 2.21. The van der Waals surface area contributed by atoms with E-state index in [4.69, 9.17) is 0 Å². The molecule has 1 aromatic carbocycles. The molecule has 2 heterocycles. The third kappa shape index (κ3) is 3.62. The number of rotatable bonds is 5. The van der Waals surface area contributed by atoms with Gasteiger partial charge in [0, 0.05) is 36.1 Å². The molecule has 3 rings (SSSR count). The smallest absolute Gasteiger partial charge is 0.133 e. The van der Waals surface area contributed by atoms with E-state index >= 15 is 0 Å². The predicted molar refractivity (Wildman–Crippen MR) is 96.5 cm³/mol. The number of anilines is 1. The molecule has 1 unspecified atom stereocenters. The normalized spacial score (nSPS) is 12.4. The van der Waals surface area contributed by atoms with Gasteiger partial charge in [-0.2, -0.15) is 5.10 Å². The molecule has 24 heavy (non-hydrogen) atoms. The highest BCUT2D eigenvalue weighted by molar-refractivity contribution is 5.41. The molecule has 0 fully saturated rings. The average molecular weight is 321 g/mol. The summed E-state index contributed by atoms with van der Waals surface area (Å²) in [6.45, 7) is 8.35. The largest absolute Gasteiger partial charge is 0.363 e. The summed E-state index contributed by atoms with van der Waals surface area (Å²) in [5.74, 6) is 2.06. The summed E-state index contributed by atoms with van der Waals surface area (Å²) in [5, 5.41) is 7.72. The second-order valence-electron chi connectivity index (χ2n) is 6.32. The van der Waals surface area contributed by atoms with Gasteiger partial charge in [0.25, 0.3) is 0 Å². The first-order chi connectivity index (χ1) is 11.5. The van der Waals surface area contributed by atoms with Crippen LogP contribution in [-0.4, -0.2) is 19.7 Å². The molecule has 0 bridgehead atoms. The van der Waals surface area contributed by atoms with Gasteiger partial charge < -0.3 is 5.32 Å². The van der Waals surface area contributed by atoms with E-state index in [-0.39, 0.29) is 6.04 Å². The lowest BCUT2D eigenvalue weighted by molar-refractivity contribution is 0.760. The van der Waals surface area contributed by atoms with E-state index in [0.29, 0.717) is 5.92 Å². The summed E-state index contributed by atoms with van der Waals surface area (Å²) in [6.07, 6.45) is 3.72. The standard InChI is InChI=1S/C19H23N5/c1-13(2)19-21-14(3)12-18(23-19)22-15(4)16-6-8-17(9-7-16)24-11-5-10-20-24/h5-13,15H,1-4H3,(H,21,22,23). The zero-order valence-electron chi connectivity index (χ0n) is 14.6. The van der Waals surface area contributed by atoms with Crippen molar-refractivity contribution in [1.29, 1.82) is 0 Å². The van der Waals surface area contributed by atoms with Gasteiger partial charge in [0.1, 0.15) is 11.6 Å². The van der Waals surface area contributed by atoms with Crippen molar-refractivity contribution in [3.05, 3.63) is 65.9 Å². The lowest BCUT2D eigenvalue weighted by atomic mass is 10.1. The SMILES string of the molecule is Cc1cc(NC(C)c2ccc(-n3cccn3)cc2)nc(C(C)C)n1. The van der Waals surface area contributed by atoms with Gasteiger partial charge in [0.15, 0.2) is 0 Å². The van der Waals surface area contributed by atoms with Crippen LogP contribution in [0.25, 0.3) is 5.69 Å². The van der Waals surface area contributed by atoms with Gasteiger partial charge in [-0.1, -0.05) is 26.0 Å². The highest BCUT2D eigenvalue weighted by atomic mass is 15.3. The predicted octanol–water partition coefficient (Wildman–Crippen LogP) is 4.27. The molecular weight excluding hydrogens is 298 g/mol. The molecule has 0 aliphatic rings. The summed E-state index contributed by atoms with van der Waals surface area (Å²) < 4.78 is 1.85. The Morgan fingerprint density at radius 1 is 1.04 bits per heavy atom. The van der Waals surface area contributed by atoms with Crippen LogP contribution in [0, 0.1) is 6.92 Å². The molecule has 1 N–H and O–H groups in total. The Balaban J connectivity index is 1.76. The molecule has 0 aliphatic heterocycles. The average Bonchev–Trinajstić information content (AvgIpc) is 3.09. The lowest BCUT2D eigenvalue weighted by Crippen LogP contribution is -2.10. The molecule has 5 heteroatoms. The molecular formula is C19H23N5. The third-order valence-electron chi connectivity index (χ3n) is 3.91. The highest BCUT2D eigenvalue weighted by Gasteiger charge is 2.10. The quantitative estimate of drug-likeness (QED) is 0.762. The summed E-state index contributed by atoms with van der Waals surface area (Å²) in [6, 6.07) is 12.4. The van der Waals surface area contributed by atoms with Crippen molar-refractivity contribution in [2.45, 2.75) is 39.7 Å². The van der Waals surface area contributed by atoms with E-state index in [1.165, 1.54) is 5.56 Å². The number of nitrogens with one attached hydrogen (secondary N) is 1. The van der Waals surface area contributed by atoms with Crippen LogP contribution in [-0.2, 0) is 0 Å². The van der Waals surface area contributed by atoms with Gasteiger partial charge >= 0.3 is 0 Å². The molecule has 0 amide bonds. The van der Waals surface area contributed by atoms with Crippen molar-refractivity contribution in [2.24, 2.45) is 0 Å². The molecule has 1 atom stereocenters.